The summed E-state index contributed by atoms with van der Waals surface area (Å²) in [7, 11) is 4.63. The van der Waals surface area contributed by atoms with Crippen LogP contribution < -0.4 is 19.5 Å². The average molecular weight is 379 g/mol. The molecule has 3 rings (SSSR count). The van der Waals surface area contributed by atoms with Crippen LogP contribution in [0.5, 0.6) is 17.2 Å². The lowest BCUT2D eigenvalue weighted by Gasteiger charge is -2.12. The molecule has 2 N–H and O–H groups in total. The quantitative estimate of drug-likeness (QED) is 0.611. The molecule has 1 aromatic heterocycles. The fraction of sp³-hybridized carbons (Fsp3) is 0.143. The number of anilines is 1. The van der Waals surface area contributed by atoms with Crippen molar-refractivity contribution >= 4 is 17.7 Å². The van der Waals surface area contributed by atoms with Crippen LogP contribution in [-0.2, 0) is 4.79 Å². The molecule has 7 nitrogen and oxygen atoms in total. The Kier molecular flexibility index (Phi) is 5.96. The highest BCUT2D eigenvalue weighted by molar-refractivity contribution is 6.02. The number of H-pyrrole nitrogens is 1. The number of rotatable bonds is 7. The SMILES string of the molecule is COc1cc(C=CC(=O)Nc2ccc(-c3ncc[nH]3)cc2)cc(OC)c1OC. The number of benzene rings is 2. The van der Waals surface area contributed by atoms with Crippen molar-refractivity contribution in [3.8, 4) is 28.6 Å². The van der Waals surface area contributed by atoms with Gasteiger partial charge in [-0.3, -0.25) is 4.79 Å². The topological polar surface area (TPSA) is 85.5 Å². The fourth-order valence-electron chi connectivity index (χ4n) is 2.69. The van der Waals surface area contributed by atoms with Gasteiger partial charge in [-0.15, -0.1) is 0 Å². The Morgan fingerprint density at radius 2 is 1.71 bits per heavy atom. The minimum Gasteiger partial charge on any atom is -0.493 e. The third kappa shape index (κ3) is 4.32. The zero-order chi connectivity index (χ0) is 19.9. The third-order valence-corrected chi connectivity index (χ3v) is 4.04. The zero-order valence-corrected chi connectivity index (χ0v) is 15.9. The maximum absolute atomic E-state index is 12.2. The van der Waals surface area contributed by atoms with Gasteiger partial charge in [-0.2, -0.15) is 0 Å². The number of carbonyl (C=O) groups excluding carboxylic acids is 1. The van der Waals surface area contributed by atoms with Crippen LogP contribution >= 0.6 is 0 Å². The van der Waals surface area contributed by atoms with Gasteiger partial charge in [0.1, 0.15) is 5.82 Å². The van der Waals surface area contributed by atoms with E-state index in [1.165, 1.54) is 6.08 Å². The van der Waals surface area contributed by atoms with Gasteiger partial charge in [-0.1, -0.05) is 0 Å². The lowest BCUT2D eigenvalue weighted by molar-refractivity contribution is -0.111. The normalized spacial score (nSPS) is 10.7. The molecule has 0 aliphatic rings. The van der Waals surface area contributed by atoms with Gasteiger partial charge in [-0.25, -0.2) is 4.98 Å². The molecule has 0 aliphatic carbocycles. The van der Waals surface area contributed by atoms with E-state index in [9.17, 15) is 4.79 Å². The van der Waals surface area contributed by atoms with Crippen molar-refractivity contribution in [2.24, 2.45) is 0 Å². The van der Waals surface area contributed by atoms with Crippen molar-refractivity contribution in [1.82, 2.24) is 9.97 Å². The molecule has 7 heteroatoms. The van der Waals surface area contributed by atoms with Crippen LogP contribution in [0, 0.1) is 0 Å². The number of ether oxygens (including phenoxy) is 3. The third-order valence-electron chi connectivity index (χ3n) is 4.04. The number of hydrogen-bond donors (Lipinski definition) is 2. The Hall–Kier alpha value is -3.74. The summed E-state index contributed by atoms with van der Waals surface area (Å²) in [4.78, 5) is 19.5. The standard InChI is InChI=1S/C21H21N3O4/c1-26-17-12-14(13-18(27-2)20(17)28-3)4-9-19(25)24-16-7-5-15(6-8-16)21-22-10-11-23-21/h4-13H,1-3H3,(H,22,23)(H,24,25). The van der Waals surface area contributed by atoms with Gasteiger partial charge in [0.15, 0.2) is 11.5 Å². The minimum absolute atomic E-state index is 0.250. The molecular formula is C21H21N3O4. The minimum atomic E-state index is -0.250. The lowest BCUT2D eigenvalue weighted by atomic mass is 10.1. The van der Waals surface area contributed by atoms with Gasteiger partial charge in [0.2, 0.25) is 11.7 Å². The molecule has 0 saturated heterocycles. The van der Waals surface area contributed by atoms with Crippen LogP contribution in [0.3, 0.4) is 0 Å². The predicted octanol–water partition coefficient (Wildman–Crippen LogP) is 3.75. The number of nitrogens with zero attached hydrogens (tertiary/aromatic N) is 1. The number of nitrogens with one attached hydrogen (secondary N) is 2. The summed E-state index contributed by atoms with van der Waals surface area (Å²) in [6, 6.07) is 11.0. The Bertz CT molecular complexity index is 939. The number of imidazole rings is 1. The molecule has 2 aromatic carbocycles. The maximum atomic E-state index is 12.2. The van der Waals surface area contributed by atoms with E-state index in [-0.39, 0.29) is 5.91 Å². The van der Waals surface area contributed by atoms with E-state index in [0.29, 0.717) is 22.9 Å². The fourth-order valence-corrected chi connectivity index (χ4v) is 2.69. The summed E-state index contributed by atoms with van der Waals surface area (Å²) in [6.07, 6.45) is 6.58. The molecule has 0 saturated carbocycles. The molecule has 0 spiro atoms. The van der Waals surface area contributed by atoms with Crippen LogP contribution in [0.1, 0.15) is 5.56 Å². The van der Waals surface area contributed by atoms with Gasteiger partial charge in [0, 0.05) is 29.7 Å². The van der Waals surface area contributed by atoms with Crippen LogP contribution in [0.15, 0.2) is 54.9 Å². The van der Waals surface area contributed by atoms with Gasteiger partial charge >= 0.3 is 0 Å². The van der Waals surface area contributed by atoms with E-state index >= 15 is 0 Å². The number of carbonyl (C=O) groups is 1. The Balaban J connectivity index is 1.70. The van der Waals surface area contributed by atoms with E-state index in [0.717, 1.165) is 17.0 Å². The van der Waals surface area contributed by atoms with Crippen molar-refractivity contribution in [1.29, 1.82) is 0 Å². The molecule has 0 bridgehead atoms. The highest BCUT2D eigenvalue weighted by atomic mass is 16.5. The molecule has 0 unspecified atom stereocenters. The first-order chi connectivity index (χ1) is 13.6. The number of aromatic amines is 1. The summed E-state index contributed by atoms with van der Waals surface area (Å²) in [5, 5.41) is 2.82. The van der Waals surface area contributed by atoms with Crippen molar-refractivity contribution in [2.75, 3.05) is 26.6 Å². The molecule has 1 amide bonds. The lowest BCUT2D eigenvalue weighted by Crippen LogP contribution is -2.07. The highest BCUT2D eigenvalue weighted by Gasteiger charge is 2.12. The summed E-state index contributed by atoms with van der Waals surface area (Å²) < 4.78 is 15.9. The second-order valence-electron chi connectivity index (χ2n) is 5.80. The molecule has 1 heterocycles. The monoisotopic (exact) mass is 379 g/mol. The summed E-state index contributed by atoms with van der Waals surface area (Å²) in [5.41, 5.74) is 2.38. The molecular weight excluding hydrogens is 358 g/mol. The molecule has 0 atom stereocenters. The van der Waals surface area contributed by atoms with Crippen molar-refractivity contribution in [2.45, 2.75) is 0 Å². The van der Waals surface area contributed by atoms with Crippen LogP contribution in [0.2, 0.25) is 0 Å². The molecule has 0 fully saturated rings. The van der Waals surface area contributed by atoms with E-state index in [1.807, 2.05) is 24.3 Å². The van der Waals surface area contributed by atoms with E-state index in [4.69, 9.17) is 14.2 Å². The van der Waals surface area contributed by atoms with Crippen molar-refractivity contribution in [3.05, 3.63) is 60.4 Å². The van der Waals surface area contributed by atoms with E-state index in [1.54, 1.807) is 51.9 Å². The number of amides is 1. The second-order valence-corrected chi connectivity index (χ2v) is 5.80. The van der Waals surface area contributed by atoms with Gasteiger partial charge in [0.25, 0.3) is 0 Å². The molecule has 3 aromatic rings. The largest absolute Gasteiger partial charge is 0.493 e. The van der Waals surface area contributed by atoms with Gasteiger partial charge in [0.05, 0.1) is 21.3 Å². The smallest absolute Gasteiger partial charge is 0.248 e. The van der Waals surface area contributed by atoms with E-state index in [2.05, 4.69) is 15.3 Å². The number of hydrogen-bond acceptors (Lipinski definition) is 5. The summed E-state index contributed by atoms with van der Waals surface area (Å²) >= 11 is 0. The average Bonchev–Trinajstić information content (AvgIpc) is 3.26. The predicted molar refractivity (Wildman–Crippen MR) is 108 cm³/mol. The summed E-state index contributed by atoms with van der Waals surface area (Å²) in [5.74, 6) is 2.08. The second kappa shape index (κ2) is 8.77. The Morgan fingerprint density at radius 3 is 2.25 bits per heavy atom. The summed E-state index contributed by atoms with van der Waals surface area (Å²) in [6.45, 7) is 0. The maximum Gasteiger partial charge on any atom is 0.248 e. The molecule has 144 valence electrons. The number of aromatic nitrogens is 2. The van der Waals surface area contributed by atoms with Crippen molar-refractivity contribution < 1.29 is 19.0 Å². The Labute approximate surface area is 163 Å². The van der Waals surface area contributed by atoms with Gasteiger partial charge in [-0.05, 0) is 48.0 Å². The zero-order valence-electron chi connectivity index (χ0n) is 15.9. The molecule has 0 radical (unpaired) electrons. The molecule has 28 heavy (non-hydrogen) atoms. The number of methoxy groups -OCH3 is 3. The van der Waals surface area contributed by atoms with Crippen LogP contribution in [0.4, 0.5) is 5.69 Å². The first-order valence-corrected chi connectivity index (χ1v) is 8.53. The van der Waals surface area contributed by atoms with Crippen LogP contribution in [0.25, 0.3) is 17.5 Å². The van der Waals surface area contributed by atoms with E-state index < -0.39 is 0 Å². The Morgan fingerprint density at radius 1 is 1.04 bits per heavy atom. The molecule has 0 aliphatic heterocycles. The highest BCUT2D eigenvalue weighted by Crippen LogP contribution is 2.38. The van der Waals surface area contributed by atoms with Crippen LogP contribution in [-0.4, -0.2) is 37.2 Å². The van der Waals surface area contributed by atoms with Gasteiger partial charge < -0.3 is 24.5 Å². The first kappa shape index (κ1) is 19.0. The first-order valence-electron chi connectivity index (χ1n) is 8.53. The van der Waals surface area contributed by atoms with Crippen molar-refractivity contribution in [3.63, 3.8) is 0 Å².